The fraction of sp³-hybridized carbons (Fsp3) is 0.739. The van der Waals surface area contributed by atoms with E-state index in [-0.39, 0.29) is 5.92 Å². The molecule has 5 heteroatoms. The van der Waals surface area contributed by atoms with Gasteiger partial charge in [0.1, 0.15) is 0 Å². The molecule has 2 aliphatic heterocycles. The minimum atomic E-state index is 0.190. The molecule has 5 nitrogen and oxygen atoms in total. The minimum Gasteiger partial charge on any atom is -0.355 e. The lowest BCUT2D eigenvalue weighted by Gasteiger charge is -2.42. The Morgan fingerprint density at radius 1 is 1.25 bits per heavy atom. The van der Waals surface area contributed by atoms with Crippen LogP contribution in [0.4, 0.5) is 0 Å². The van der Waals surface area contributed by atoms with E-state index in [0.717, 1.165) is 52.1 Å². The summed E-state index contributed by atoms with van der Waals surface area (Å²) in [5, 5.41) is 3.28. The normalized spacial score (nSPS) is 26.1. The van der Waals surface area contributed by atoms with Gasteiger partial charge in [-0.05, 0) is 81.6 Å². The van der Waals surface area contributed by atoms with Crippen LogP contribution in [0.1, 0.15) is 57.4 Å². The van der Waals surface area contributed by atoms with Crippen molar-refractivity contribution < 1.29 is 4.79 Å². The van der Waals surface area contributed by atoms with Gasteiger partial charge < -0.3 is 5.32 Å². The standard InChI is InChI=1S/C23H36N4O/c1-2-23(9-10-23)18-25-22(28)20-6-4-12-27(17-20)21-7-13-26(14-8-21)16-19-5-3-11-24-15-19/h3,5,11,15,20-21H,2,4,6-10,12-14,16-18H2,1H3,(H,25,28)/t20-/m1/s1. The number of amides is 1. The summed E-state index contributed by atoms with van der Waals surface area (Å²) < 4.78 is 0. The first-order chi connectivity index (χ1) is 13.7. The molecule has 1 aliphatic carbocycles. The quantitative estimate of drug-likeness (QED) is 0.785. The highest BCUT2D eigenvalue weighted by Crippen LogP contribution is 2.47. The number of hydrogen-bond acceptors (Lipinski definition) is 4. The summed E-state index contributed by atoms with van der Waals surface area (Å²) in [5.74, 6) is 0.494. The third-order valence-electron chi connectivity index (χ3n) is 7.37. The molecule has 1 amide bonds. The van der Waals surface area contributed by atoms with Crippen LogP contribution in [0, 0.1) is 11.3 Å². The van der Waals surface area contributed by atoms with Crippen molar-refractivity contribution in [3.63, 3.8) is 0 Å². The molecule has 0 radical (unpaired) electrons. The second-order valence-electron chi connectivity index (χ2n) is 9.27. The van der Waals surface area contributed by atoms with Crippen molar-refractivity contribution in [1.29, 1.82) is 0 Å². The Hall–Kier alpha value is -1.46. The maximum atomic E-state index is 12.7. The second kappa shape index (κ2) is 8.91. The summed E-state index contributed by atoms with van der Waals surface area (Å²) in [6, 6.07) is 4.83. The van der Waals surface area contributed by atoms with Gasteiger partial charge in [-0.3, -0.25) is 19.6 Å². The van der Waals surface area contributed by atoms with E-state index in [1.165, 1.54) is 37.7 Å². The van der Waals surface area contributed by atoms with E-state index < -0.39 is 0 Å². The number of nitrogens with zero attached hydrogens (tertiary/aromatic N) is 3. The van der Waals surface area contributed by atoms with Crippen molar-refractivity contribution in [3.8, 4) is 0 Å². The Kier molecular flexibility index (Phi) is 6.32. The van der Waals surface area contributed by atoms with E-state index in [1.807, 2.05) is 18.5 Å². The monoisotopic (exact) mass is 384 g/mol. The van der Waals surface area contributed by atoms with E-state index in [1.54, 1.807) is 0 Å². The topological polar surface area (TPSA) is 48.5 Å². The predicted molar refractivity (Wildman–Crippen MR) is 112 cm³/mol. The van der Waals surface area contributed by atoms with E-state index in [0.29, 0.717) is 17.4 Å². The van der Waals surface area contributed by atoms with Gasteiger partial charge >= 0.3 is 0 Å². The number of carbonyl (C=O) groups excluding carboxylic acids is 1. The van der Waals surface area contributed by atoms with Crippen LogP contribution in [0.2, 0.25) is 0 Å². The lowest BCUT2D eigenvalue weighted by Crippen LogP contribution is -2.51. The molecule has 28 heavy (non-hydrogen) atoms. The maximum absolute atomic E-state index is 12.7. The lowest BCUT2D eigenvalue weighted by molar-refractivity contribution is -0.127. The highest BCUT2D eigenvalue weighted by molar-refractivity contribution is 5.79. The molecule has 3 aliphatic rings. The molecule has 1 saturated carbocycles. The van der Waals surface area contributed by atoms with Crippen LogP contribution in [-0.4, -0.2) is 59.5 Å². The van der Waals surface area contributed by atoms with Gasteiger partial charge in [0, 0.05) is 38.1 Å². The highest BCUT2D eigenvalue weighted by atomic mass is 16.1. The summed E-state index contributed by atoms with van der Waals surface area (Å²) in [5.41, 5.74) is 1.74. The number of pyridine rings is 1. The molecular weight excluding hydrogens is 348 g/mol. The first kappa shape index (κ1) is 19.8. The first-order valence-electron chi connectivity index (χ1n) is 11.3. The Labute approximate surface area is 169 Å². The van der Waals surface area contributed by atoms with Crippen LogP contribution < -0.4 is 5.32 Å². The van der Waals surface area contributed by atoms with Gasteiger partial charge in [0.2, 0.25) is 5.91 Å². The fourth-order valence-corrected chi connectivity index (χ4v) is 5.00. The zero-order chi connectivity index (χ0) is 19.4. The van der Waals surface area contributed by atoms with Crippen molar-refractivity contribution in [2.45, 2.75) is 64.5 Å². The third-order valence-corrected chi connectivity index (χ3v) is 7.37. The Bertz CT molecular complexity index is 637. The molecule has 154 valence electrons. The number of carbonyl (C=O) groups is 1. The van der Waals surface area contributed by atoms with Crippen LogP contribution in [0.5, 0.6) is 0 Å². The van der Waals surface area contributed by atoms with Gasteiger partial charge in [0.15, 0.2) is 0 Å². The Morgan fingerprint density at radius 2 is 2.07 bits per heavy atom. The molecule has 0 aromatic carbocycles. The van der Waals surface area contributed by atoms with Crippen molar-refractivity contribution >= 4 is 5.91 Å². The molecule has 1 atom stereocenters. The molecule has 2 saturated heterocycles. The molecule has 1 aromatic heterocycles. The lowest BCUT2D eigenvalue weighted by atomic mass is 9.93. The summed E-state index contributed by atoms with van der Waals surface area (Å²) >= 11 is 0. The van der Waals surface area contributed by atoms with Crippen molar-refractivity contribution in [2.24, 2.45) is 11.3 Å². The van der Waals surface area contributed by atoms with E-state index in [9.17, 15) is 4.79 Å². The molecule has 1 aromatic rings. The minimum absolute atomic E-state index is 0.190. The number of piperidine rings is 2. The number of hydrogen-bond donors (Lipinski definition) is 1. The summed E-state index contributed by atoms with van der Waals surface area (Å²) in [6.07, 6.45) is 12.2. The zero-order valence-electron chi connectivity index (χ0n) is 17.4. The molecule has 4 rings (SSSR count). The second-order valence-corrected chi connectivity index (χ2v) is 9.27. The van der Waals surface area contributed by atoms with Crippen molar-refractivity contribution in [1.82, 2.24) is 20.1 Å². The fourth-order valence-electron chi connectivity index (χ4n) is 5.00. The van der Waals surface area contributed by atoms with Gasteiger partial charge in [-0.25, -0.2) is 0 Å². The summed E-state index contributed by atoms with van der Waals surface area (Å²) in [7, 11) is 0. The third kappa shape index (κ3) is 4.93. The molecule has 0 bridgehead atoms. The number of rotatable bonds is 7. The average molecular weight is 385 g/mol. The molecular formula is C23H36N4O. The number of aromatic nitrogens is 1. The van der Waals surface area contributed by atoms with Gasteiger partial charge in [0.05, 0.1) is 5.92 Å². The SMILES string of the molecule is CCC1(CNC(=O)[C@@H]2CCCN(C3CCN(Cc4cccnc4)CC3)C2)CC1. The van der Waals surface area contributed by atoms with Gasteiger partial charge in [-0.2, -0.15) is 0 Å². The number of likely N-dealkylation sites (tertiary alicyclic amines) is 2. The first-order valence-corrected chi connectivity index (χ1v) is 11.3. The van der Waals surface area contributed by atoms with E-state index >= 15 is 0 Å². The number of nitrogens with one attached hydrogen (secondary N) is 1. The zero-order valence-corrected chi connectivity index (χ0v) is 17.4. The smallest absolute Gasteiger partial charge is 0.224 e. The van der Waals surface area contributed by atoms with E-state index in [2.05, 4.69) is 33.1 Å². The van der Waals surface area contributed by atoms with Crippen LogP contribution in [0.25, 0.3) is 0 Å². The molecule has 0 unspecified atom stereocenters. The van der Waals surface area contributed by atoms with Crippen molar-refractivity contribution in [2.75, 3.05) is 32.7 Å². The molecule has 1 N–H and O–H groups in total. The van der Waals surface area contributed by atoms with Gasteiger partial charge in [-0.1, -0.05) is 13.0 Å². The van der Waals surface area contributed by atoms with E-state index in [4.69, 9.17) is 0 Å². The van der Waals surface area contributed by atoms with Crippen LogP contribution in [-0.2, 0) is 11.3 Å². The van der Waals surface area contributed by atoms with Crippen LogP contribution in [0.3, 0.4) is 0 Å². The highest BCUT2D eigenvalue weighted by Gasteiger charge is 2.41. The predicted octanol–water partition coefficient (Wildman–Crippen LogP) is 3.06. The van der Waals surface area contributed by atoms with Gasteiger partial charge in [-0.15, -0.1) is 0 Å². The largest absolute Gasteiger partial charge is 0.355 e. The maximum Gasteiger partial charge on any atom is 0.224 e. The van der Waals surface area contributed by atoms with Gasteiger partial charge in [0.25, 0.3) is 0 Å². The summed E-state index contributed by atoms with van der Waals surface area (Å²) in [4.78, 5) is 22.1. The van der Waals surface area contributed by atoms with Crippen LogP contribution in [0.15, 0.2) is 24.5 Å². The molecule has 3 fully saturated rings. The van der Waals surface area contributed by atoms with Crippen molar-refractivity contribution in [3.05, 3.63) is 30.1 Å². The van der Waals surface area contributed by atoms with Crippen LogP contribution >= 0.6 is 0 Å². The Balaban J connectivity index is 1.22. The molecule has 3 heterocycles. The summed E-state index contributed by atoms with van der Waals surface area (Å²) in [6.45, 7) is 8.56. The molecule has 0 spiro atoms. The average Bonchev–Trinajstić information content (AvgIpc) is 3.54. The Morgan fingerprint density at radius 3 is 2.75 bits per heavy atom.